The lowest BCUT2D eigenvalue weighted by atomic mass is 9.99. The summed E-state index contributed by atoms with van der Waals surface area (Å²) in [6.45, 7) is 0.551. The van der Waals surface area contributed by atoms with Gasteiger partial charge in [0.1, 0.15) is 11.5 Å². The minimum atomic E-state index is -0.0276. The summed E-state index contributed by atoms with van der Waals surface area (Å²) >= 11 is 5.57. The van der Waals surface area contributed by atoms with Crippen LogP contribution in [0.3, 0.4) is 0 Å². The van der Waals surface area contributed by atoms with Gasteiger partial charge in [-0.3, -0.25) is 0 Å². The Bertz CT molecular complexity index is 861. The quantitative estimate of drug-likeness (QED) is 0.581. The molecule has 3 aromatic rings. The van der Waals surface area contributed by atoms with Crippen LogP contribution >= 0.6 is 12.2 Å². The van der Waals surface area contributed by atoms with Crippen molar-refractivity contribution in [3.8, 4) is 11.5 Å². The second-order valence-electron chi connectivity index (χ2n) is 6.26. The normalized spacial score (nSPS) is 10.4. The lowest BCUT2D eigenvalue weighted by Gasteiger charge is -2.22. The average Bonchev–Trinajstić information content (AvgIpc) is 2.77. The number of nitrogens with one attached hydrogen (secondary N) is 2. The fourth-order valence-electron chi connectivity index (χ4n) is 3.01. The van der Waals surface area contributed by atoms with Crippen molar-refractivity contribution < 1.29 is 9.47 Å². The highest BCUT2D eigenvalue weighted by molar-refractivity contribution is 7.80. The van der Waals surface area contributed by atoms with E-state index in [1.807, 2.05) is 54.6 Å². The Morgan fingerprint density at radius 2 is 1.46 bits per heavy atom. The van der Waals surface area contributed by atoms with E-state index >= 15 is 0 Å². The molecule has 0 aliphatic heterocycles. The van der Waals surface area contributed by atoms with Gasteiger partial charge in [0.15, 0.2) is 5.11 Å². The SMILES string of the molecule is COc1ccc(CNC(=S)NC(c2ccccc2)c2ccccc2)c(OC)c1. The van der Waals surface area contributed by atoms with Crippen LogP contribution in [0.25, 0.3) is 0 Å². The lowest BCUT2D eigenvalue weighted by molar-refractivity contribution is 0.390. The number of rotatable bonds is 7. The van der Waals surface area contributed by atoms with Gasteiger partial charge in [-0.2, -0.15) is 0 Å². The van der Waals surface area contributed by atoms with E-state index in [-0.39, 0.29) is 6.04 Å². The first-order valence-corrected chi connectivity index (χ1v) is 9.47. The number of hydrogen-bond acceptors (Lipinski definition) is 3. The first-order chi connectivity index (χ1) is 13.7. The summed E-state index contributed by atoms with van der Waals surface area (Å²) in [5, 5.41) is 7.29. The first kappa shape index (κ1) is 19.7. The zero-order valence-electron chi connectivity index (χ0n) is 16.0. The van der Waals surface area contributed by atoms with Gasteiger partial charge >= 0.3 is 0 Å². The predicted molar refractivity (Wildman–Crippen MR) is 117 cm³/mol. The summed E-state index contributed by atoms with van der Waals surface area (Å²) < 4.78 is 10.7. The fourth-order valence-corrected chi connectivity index (χ4v) is 3.20. The molecule has 0 aliphatic carbocycles. The summed E-state index contributed by atoms with van der Waals surface area (Å²) in [7, 11) is 3.29. The van der Waals surface area contributed by atoms with Gasteiger partial charge in [0.25, 0.3) is 0 Å². The van der Waals surface area contributed by atoms with Crippen LogP contribution in [-0.2, 0) is 6.54 Å². The highest BCUT2D eigenvalue weighted by atomic mass is 32.1. The van der Waals surface area contributed by atoms with Crippen LogP contribution in [0.2, 0.25) is 0 Å². The van der Waals surface area contributed by atoms with Gasteiger partial charge in [0.2, 0.25) is 0 Å². The third kappa shape index (κ3) is 5.02. The van der Waals surface area contributed by atoms with Crippen molar-refractivity contribution in [3.63, 3.8) is 0 Å². The van der Waals surface area contributed by atoms with E-state index in [0.717, 1.165) is 28.2 Å². The Labute approximate surface area is 171 Å². The van der Waals surface area contributed by atoms with E-state index in [2.05, 4.69) is 34.9 Å². The Morgan fingerprint density at radius 1 is 0.857 bits per heavy atom. The van der Waals surface area contributed by atoms with E-state index in [0.29, 0.717) is 11.7 Å². The molecule has 3 rings (SSSR count). The number of ether oxygens (including phenoxy) is 2. The molecule has 0 aromatic heterocycles. The second kappa shape index (κ2) is 9.76. The average molecular weight is 393 g/mol. The summed E-state index contributed by atoms with van der Waals surface area (Å²) in [6, 6.07) is 26.3. The molecule has 3 aromatic carbocycles. The largest absolute Gasteiger partial charge is 0.497 e. The summed E-state index contributed by atoms with van der Waals surface area (Å²) in [6.07, 6.45) is 0. The zero-order valence-corrected chi connectivity index (χ0v) is 16.8. The van der Waals surface area contributed by atoms with Gasteiger partial charge in [-0.05, 0) is 35.5 Å². The van der Waals surface area contributed by atoms with Crippen molar-refractivity contribution in [1.29, 1.82) is 0 Å². The van der Waals surface area contributed by atoms with Crippen LogP contribution in [-0.4, -0.2) is 19.3 Å². The van der Waals surface area contributed by atoms with Gasteiger partial charge < -0.3 is 20.1 Å². The first-order valence-electron chi connectivity index (χ1n) is 9.06. The molecule has 0 amide bonds. The fraction of sp³-hybridized carbons (Fsp3) is 0.174. The van der Waals surface area contributed by atoms with Gasteiger partial charge in [-0.1, -0.05) is 60.7 Å². The number of benzene rings is 3. The standard InChI is InChI=1S/C23H24N2O2S/c1-26-20-14-13-19(21(15-20)27-2)16-24-23(28)25-22(17-9-5-3-6-10-17)18-11-7-4-8-12-18/h3-15,22H,16H2,1-2H3,(H2,24,25,28). The van der Waals surface area contributed by atoms with E-state index in [1.165, 1.54) is 0 Å². The van der Waals surface area contributed by atoms with Crippen molar-refractivity contribution in [2.24, 2.45) is 0 Å². The maximum atomic E-state index is 5.57. The molecule has 0 radical (unpaired) electrons. The third-order valence-electron chi connectivity index (χ3n) is 4.47. The molecule has 5 heteroatoms. The predicted octanol–water partition coefficient (Wildman–Crippen LogP) is 4.46. The number of methoxy groups -OCH3 is 2. The van der Waals surface area contributed by atoms with Gasteiger partial charge in [-0.15, -0.1) is 0 Å². The summed E-state index contributed by atoms with van der Waals surface area (Å²) in [4.78, 5) is 0. The molecule has 0 aliphatic rings. The Hall–Kier alpha value is -3.05. The van der Waals surface area contributed by atoms with E-state index in [9.17, 15) is 0 Å². The Balaban J connectivity index is 1.71. The molecule has 2 N–H and O–H groups in total. The van der Waals surface area contributed by atoms with Gasteiger partial charge in [0.05, 0.1) is 20.3 Å². The molecule has 0 fully saturated rings. The molecular weight excluding hydrogens is 368 g/mol. The highest BCUT2D eigenvalue weighted by Gasteiger charge is 2.15. The van der Waals surface area contributed by atoms with E-state index in [1.54, 1.807) is 14.2 Å². The Kier molecular flexibility index (Phi) is 6.87. The van der Waals surface area contributed by atoms with Crippen LogP contribution in [0.4, 0.5) is 0 Å². The number of hydrogen-bond donors (Lipinski definition) is 2. The smallest absolute Gasteiger partial charge is 0.167 e. The van der Waals surface area contributed by atoms with Crippen LogP contribution in [0.1, 0.15) is 22.7 Å². The summed E-state index contributed by atoms with van der Waals surface area (Å²) in [5.74, 6) is 1.52. The maximum absolute atomic E-state index is 5.57. The second-order valence-corrected chi connectivity index (χ2v) is 6.67. The molecule has 4 nitrogen and oxygen atoms in total. The molecule has 0 unspecified atom stereocenters. The molecule has 144 valence electrons. The third-order valence-corrected chi connectivity index (χ3v) is 4.74. The minimum absolute atomic E-state index is 0.0276. The van der Waals surface area contributed by atoms with Crippen LogP contribution < -0.4 is 20.1 Å². The molecule has 0 heterocycles. The van der Waals surface area contributed by atoms with E-state index < -0.39 is 0 Å². The number of thiocarbonyl (C=S) groups is 1. The monoisotopic (exact) mass is 392 g/mol. The maximum Gasteiger partial charge on any atom is 0.167 e. The molecule has 0 spiro atoms. The summed E-state index contributed by atoms with van der Waals surface area (Å²) in [5.41, 5.74) is 3.31. The Morgan fingerprint density at radius 3 is 2.00 bits per heavy atom. The van der Waals surface area contributed by atoms with Crippen molar-refractivity contribution in [3.05, 3.63) is 95.6 Å². The van der Waals surface area contributed by atoms with Crippen LogP contribution in [0.15, 0.2) is 78.9 Å². The molecule has 0 bridgehead atoms. The molecule has 0 saturated carbocycles. The molecular formula is C23H24N2O2S. The van der Waals surface area contributed by atoms with Crippen molar-refractivity contribution >= 4 is 17.3 Å². The molecule has 28 heavy (non-hydrogen) atoms. The van der Waals surface area contributed by atoms with Gasteiger partial charge in [-0.25, -0.2) is 0 Å². The molecule has 0 saturated heterocycles. The minimum Gasteiger partial charge on any atom is -0.497 e. The topological polar surface area (TPSA) is 42.5 Å². The van der Waals surface area contributed by atoms with Crippen molar-refractivity contribution in [1.82, 2.24) is 10.6 Å². The van der Waals surface area contributed by atoms with Crippen LogP contribution in [0, 0.1) is 0 Å². The molecule has 0 atom stereocenters. The highest BCUT2D eigenvalue weighted by Crippen LogP contribution is 2.25. The zero-order chi connectivity index (χ0) is 19.8. The van der Waals surface area contributed by atoms with Crippen LogP contribution in [0.5, 0.6) is 11.5 Å². The van der Waals surface area contributed by atoms with Gasteiger partial charge in [0, 0.05) is 18.2 Å². The van der Waals surface area contributed by atoms with E-state index in [4.69, 9.17) is 21.7 Å². The van der Waals surface area contributed by atoms with Crippen molar-refractivity contribution in [2.75, 3.05) is 14.2 Å². The lowest BCUT2D eigenvalue weighted by Crippen LogP contribution is -2.37. The van der Waals surface area contributed by atoms with Crippen molar-refractivity contribution in [2.45, 2.75) is 12.6 Å².